The number of ether oxygens (including phenoxy) is 2. The number of methoxy groups -OCH3 is 1. The van der Waals surface area contributed by atoms with Crippen LogP contribution >= 0.6 is 0 Å². The number of aromatic amines is 1. The van der Waals surface area contributed by atoms with Crippen LogP contribution in [0.2, 0.25) is 0 Å². The van der Waals surface area contributed by atoms with Gasteiger partial charge in [0.15, 0.2) is 0 Å². The molecule has 1 aromatic carbocycles. The van der Waals surface area contributed by atoms with Gasteiger partial charge in [0.25, 0.3) is 0 Å². The number of benzene rings is 1. The largest absolute Gasteiger partial charge is 0.498 e. The van der Waals surface area contributed by atoms with Gasteiger partial charge in [-0.1, -0.05) is 11.3 Å². The average molecular weight is 443 g/mol. The number of rotatable bonds is 6. The van der Waals surface area contributed by atoms with Crippen LogP contribution in [0.15, 0.2) is 24.4 Å². The predicted octanol–water partition coefficient (Wildman–Crippen LogP) is 0.165. The molecule has 0 unspecified atom stereocenters. The Hall–Kier alpha value is -3.01. The van der Waals surface area contributed by atoms with E-state index in [0.29, 0.717) is 24.0 Å². The van der Waals surface area contributed by atoms with Crippen molar-refractivity contribution in [1.82, 2.24) is 29.9 Å². The quantitative estimate of drug-likeness (QED) is 0.410. The van der Waals surface area contributed by atoms with Crippen molar-refractivity contribution in [2.45, 2.75) is 43.1 Å². The molecule has 2 N–H and O–H groups in total. The fourth-order valence-corrected chi connectivity index (χ4v) is 4.48. The summed E-state index contributed by atoms with van der Waals surface area (Å²) >= 11 is 0. The summed E-state index contributed by atoms with van der Waals surface area (Å²) in [5, 5.41) is 12.3. The van der Waals surface area contributed by atoms with Crippen LogP contribution in [0.3, 0.4) is 0 Å². The van der Waals surface area contributed by atoms with Gasteiger partial charge in [-0.3, -0.25) is 0 Å². The molecule has 0 aliphatic heterocycles. The van der Waals surface area contributed by atoms with E-state index in [0.717, 1.165) is 58.9 Å². The van der Waals surface area contributed by atoms with Gasteiger partial charge in [0.1, 0.15) is 34.7 Å². The molecule has 0 saturated heterocycles. The highest BCUT2D eigenvalue weighted by atomic mass is 16.5. The van der Waals surface area contributed by atoms with Crippen molar-refractivity contribution >= 4 is 51.6 Å². The van der Waals surface area contributed by atoms with Crippen LogP contribution in [0.25, 0.3) is 33.2 Å². The van der Waals surface area contributed by atoms with Gasteiger partial charge < -0.3 is 19.8 Å². The molecule has 168 valence electrons. The summed E-state index contributed by atoms with van der Waals surface area (Å²) in [7, 11) is 9.76. The molecule has 4 aromatic rings. The van der Waals surface area contributed by atoms with Gasteiger partial charge in [0, 0.05) is 37.3 Å². The Kier molecular flexibility index (Phi) is 5.56. The molecule has 1 fully saturated rings. The van der Waals surface area contributed by atoms with Crippen molar-refractivity contribution in [1.29, 1.82) is 0 Å². The Morgan fingerprint density at radius 2 is 1.94 bits per heavy atom. The lowest BCUT2D eigenvalue weighted by Gasteiger charge is -2.28. The summed E-state index contributed by atoms with van der Waals surface area (Å²) in [6.07, 6.45) is 6.46. The molecule has 1 aliphatic rings. The van der Waals surface area contributed by atoms with E-state index in [9.17, 15) is 0 Å². The van der Waals surface area contributed by atoms with Crippen LogP contribution in [0.4, 0.5) is 5.95 Å². The van der Waals surface area contributed by atoms with Crippen LogP contribution < -0.4 is 10.1 Å². The van der Waals surface area contributed by atoms with Crippen molar-refractivity contribution in [2.75, 3.05) is 12.4 Å². The monoisotopic (exact) mass is 443 g/mol. The Bertz CT molecular complexity index is 1290. The topological polar surface area (TPSA) is 103 Å². The normalized spacial score (nSPS) is 19.2. The van der Waals surface area contributed by atoms with Crippen LogP contribution in [-0.2, 0) is 11.8 Å². The molecule has 3 heterocycles. The maximum atomic E-state index is 6.33. The number of hydrogen-bond acceptors (Lipinski definition) is 7. The second-order valence-corrected chi connectivity index (χ2v) is 9.76. The number of fused-ring (bicyclic) bond motifs is 2. The van der Waals surface area contributed by atoms with Gasteiger partial charge in [0.05, 0.1) is 17.0 Å². The summed E-state index contributed by atoms with van der Waals surface area (Å²) in [6.45, 7) is 0. The zero-order valence-corrected chi connectivity index (χ0v) is 19.8. The maximum Gasteiger partial charge on any atom is 0.228 e. The first-order chi connectivity index (χ1) is 15.8. The third-order valence-corrected chi connectivity index (χ3v) is 6.16. The fraction of sp³-hybridized carbons (Fsp3) is 0.429. The highest BCUT2D eigenvalue weighted by molar-refractivity contribution is 6.58. The summed E-state index contributed by atoms with van der Waals surface area (Å²) < 4.78 is 13.6. The second-order valence-electron chi connectivity index (χ2n) is 9.76. The third-order valence-electron chi connectivity index (χ3n) is 6.16. The molecule has 0 bridgehead atoms. The Morgan fingerprint density at radius 3 is 2.67 bits per heavy atom. The number of anilines is 1. The number of hydrogen-bond donors (Lipinski definition) is 2. The van der Waals surface area contributed by atoms with Gasteiger partial charge in [0.2, 0.25) is 11.8 Å². The molecule has 3 aromatic heterocycles. The molecule has 0 amide bonds. The lowest BCUT2D eigenvalue weighted by atomic mass is 9.52. The van der Waals surface area contributed by atoms with E-state index < -0.39 is 5.30 Å². The molecular formula is C21H28B3N7O2. The molecule has 0 atom stereocenters. The number of aromatic nitrogens is 6. The minimum absolute atomic E-state index is 0.325. The van der Waals surface area contributed by atoms with E-state index in [1.807, 2.05) is 48.9 Å². The highest BCUT2D eigenvalue weighted by Crippen LogP contribution is 2.36. The van der Waals surface area contributed by atoms with Crippen LogP contribution in [0, 0.1) is 0 Å². The van der Waals surface area contributed by atoms with Crippen molar-refractivity contribution in [3.05, 3.63) is 24.4 Å². The predicted molar refractivity (Wildman–Crippen MR) is 137 cm³/mol. The highest BCUT2D eigenvalue weighted by Gasteiger charge is 2.24. The first kappa shape index (κ1) is 21.8. The van der Waals surface area contributed by atoms with E-state index in [4.69, 9.17) is 19.4 Å². The van der Waals surface area contributed by atoms with E-state index in [-0.39, 0.29) is 0 Å². The molecular weight excluding hydrogens is 415 g/mol. The minimum Gasteiger partial charge on any atom is -0.498 e. The molecule has 12 heteroatoms. The van der Waals surface area contributed by atoms with Crippen LogP contribution in [0.5, 0.6) is 5.88 Å². The van der Waals surface area contributed by atoms with Crippen molar-refractivity contribution < 1.29 is 9.47 Å². The van der Waals surface area contributed by atoms with Crippen molar-refractivity contribution in [3.63, 3.8) is 0 Å². The number of H-pyrrole nitrogens is 1. The van der Waals surface area contributed by atoms with E-state index in [1.54, 1.807) is 11.8 Å². The van der Waals surface area contributed by atoms with E-state index in [2.05, 4.69) is 26.7 Å². The zero-order valence-electron chi connectivity index (χ0n) is 19.8. The first-order valence-corrected chi connectivity index (χ1v) is 11.5. The summed E-state index contributed by atoms with van der Waals surface area (Å²) in [6, 6.07) is 6.43. The average Bonchev–Trinajstić information content (AvgIpc) is 3.37. The molecule has 1 aliphatic carbocycles. The second kappa shape index (κ2) is 8.41. The Morgan fingerprint density at radius 1 is 1.15 bits per heavy atom. The van der Waals surface area contributed by atoms with Gasteiger partial charge in [-0.15, -0.1) is 5.10 Å². The maximum absolute atomic E-state index is 6.33. The first-order valence-electron chi connectivity index (χ1n) is 11.5. The molecule has 9 nitrogen and oxygen atoms in total. The van der Waals surface area contributed by atoms with Crippen LogP contribution in [-0.4, -0.2) is 78.0 Å². The van der Waals surface area contributed by atoms with E-state index >= 15 is 0 Å². The van der Waals surface area contributed by atoms with Gasteiger partial charge in [-0.25, -0.2) is 4.68 Å². The molecule has 33 heavy (non-hydrogen) atoms. The fourth-order valence-electron chi connectivity index (χ4n) is 4.48. The smallest absolute Gasteiger partial charge is 0.228 e. The van der Waals surface area contributed by atoms with Crippen LogP contribution in [0.1, 0.15) is 25.7 Å². The lowest BCUT2D eigenvalue weighted by Crippen LogP contribution is -2.38. The Labute approximate surface area is 195 Å². The van der Waals surface area contributed by atoms with Crippen molar-refractivity contribution in [3.8, 4) is 17.0 Å². The third kappa shape index (κ3) is 4.44. The van der Waals surface area contributed by atoms with Gasteiger partial charge >= 0.3 is 0 Å². The minimum atomic E-state index is -0.403. The van der Waals surface area contributed by atoms with E-state index in [1.165, 1.54) is 0 Å². The molecule has 0 radical (unpaired) electrons. The summed E-state index contributed by atoms with van der Waals surface area (Å²) in [4.78, 5) is 13.0. The molecule has 0 spiro atoms. The number of nitrogens with one attached hydrogen (secondary N) is 2. The summed E-state index contributed by atoms with van der Waals surface area (Å²) in [5.74, 6) is 1.15. The standard InChI is InChI=1S/C21H28B3N7O2/c1-31-16-9-11(3-8-15(16)29-30-31)14-10-25-18-17(14)19(33-21(22,23)24)28-20(27-18)26-12-4-6-13(32-2)7-5-12/h3,8-10,12-13H,4-7,22-24H2,1-2H3,(H2,25,26,27,28)/t12-,13+. The molecule has 1 saturated carbocycles. The zero-order chi connectivity index (χ0) is 23.2. The number of aryl methyl sites for hydroxylation is 1. The van der Waals surface area contributed by atoms with Gasteiger partial charge in [-0.05, 0) is 43.4 Å². The summed E-state index contributed by atoms with van der Waals surface area (Å²) in [5.41, 5.74) is 4.58. The lowest BCUT2D eigenvalue weighted by molar-refractivity contribution is 0.0681. The van der Waals surface area contributed by atoms with Gasteiger partial charge in [-0.2, -0.15) is 9.97 Å². The SMILES string of the molecule is BC(B)(B)Oc1nc(N[C@H]2CC[C@@H](OC)CC2)nc2[nH]cc(-c3ccc4nnn(C)c4c3)c12. The Balaban J connectivity index is 1.54. The van der Waals surface area contributed by atoms with Crippen molar-refractivity contribution in [2.24, 2.45) is 7.05 Å². The molecule has 5 rings (SSSR count). The number of nitrogens with zero attached hydrogens (tertiary/aromatic N) is 5.